The van der Waals surface area contributed by atoms with Crippen LogP contribution in [-0.4, -0.2) is 17.3 Å². The molecule has 0 aliphatic carbocycles. The van der Waals surface area contributed by atoms with E-state index in [1.54, 1.807) is 6.26 Å². The molecule has 0 saturated carbocycles. The highest BCUT2D eigenvalue weighted by Crippen LogP contribution is 2.27. The third-order valence-corrected chi connectivity index (χ3v) is 2.56. The second-order valence-electron chi connectivity index (χ2n) is 2.24. The van der Waals surface area contributed by atoms with E-state index >= 15 is 0 Å². The van der Waals surface area contributed by atoms with Gasteiger partial charge in [-0.1, -0.05) is 11.6 Å². The van der Waals surface area contributed by atoms with Crippen molar-refractivity contribution in [2.24, 2.45) is 0 Å². The van der Waals surface area contributed by atoms with Crippen LogP contribution in [0, 0.1) is 5.82 Å². The molecule has 5 heteroatoms. The van der Waals surface area contributed by atoms with Crippen molar-refractivity contribution in [3.63, 3.8) is 0 Å². The zero-order valence-electron chi connectivity index (χ0n) is 6.67. The molecule has 0 saturated heterocycles. The summed E-state index contributed by atoms with van der Waals surface area (Å²) < 4.78 is 13.2. The summed E-state index contributed by atoms with van der Waals surface area (Å²) in [4.78, 5) is 11.0. The summed E-state index contributed by atoms with van der Waals surface area (Å²) in [6.07, 6.45) is 1.68. The molecule has 1 aromatic carbocycles. The van der Waals surface area contributed by atoms with Crippen LogP contribution in [0.4, 0.5) is 4.39 Å². The first-order chi connectivity index (χ1) is 6.07. The molecule has 0 unspecified atom stereocenters. The van der Waals surface area contributed by atoms with Gasteiger partial charge < -0.3 is 5.11 Å². The molecule has 70 valence electrons. The molecule has 2 nitrogen and oxygen atoms in total. The molecular formula is C8H6ClFO2S. The number of thioether (sulfide) groups is 1. The normalized spacial score (nSPS) is 10.1. The van der Waals surface area contributed by atoms with E-state index in [2.05, 4.69) is 0 Å². The lowest BCUT2D eigenvalue weighted by Gasteiger charge is -2.04. The summed E-state index contributed by atoms with van der Waals surface area (Å²) >= 11 is 6.61. The molecule has 13 heavy (non-hydrogen) atoms. The molecule has 1 aromatic rings. The number of carboxylic acids is 1. The highest BCUT2D eigenvalue weighted by Gasteiger charge is 2.17. The van der Waals surface area contributed by atoms with Gasteiger partial charge in [-0.2, -0.15) is 0 Å². The number of carboxylic acid groups (broad SMARTS) is 1. The smallest absolute Gasteiger partial charge is 0.339 e. The Hall–Kier alpha value is -0.740. The molecule has 0 fully saturated rings. The van der Waals surface area contributed by atoms with Crippen molar-refractivity contribution in [2.45, 2.75) is 4.90 Å². The molecule has 1 rings (SSSR count). The Bertz CT molecular complexity index is 354. The van der Waals surface area contributed by atoms with Gasteiger partial charge in [0, 0.05) is 4.90 Å². The van der Waals surface area contributed by atoms with Crippen molar-refractivity contribution in [1.29, 1.82) is 0 Å². The standard InChI is InChI=1S/C8H6ClFO2S/c1-13-5-3-2-4(9)7(10)6(5)8(11)12/h2-3H,1H3,(H,11,12). The molecular weight excluding hydrogens is 215 g/mol. The van der Waals surface area contributed by atoms with Crippen LogP contribution in [-0.2, 0) is 0 Å². The molecule has 0 amide bonds. The maximum Gasteiger partial charge on any atom is 0.339 e. The number of rotatable bonds is 2. The number of carbonyl (C=O) groups is 1. The van der Waals surface area contributed by atoms with Gasteiger partial charge in [0.25, 0.3) is 0 Å². The molecule has 0 bridgehead atoms. The van der Waals surface area contributed by atoms with Gasteiger partial charge in [0.2, 0.25) is 0 Å². The molecule has 0 atom stereocenters. The van der Waals surface area contributed by atoms with E-state index in [1.165, 1.54) is 23.9 Å². The van der Waals surface area contributed by atoms with Gasteiger partial charge in [-0.3, -0.25) is 0 Å². The van der Waals surface area contributed by atoms with Crippen molar-refractivity contribution in [3.8, 4) is 0 Å². The van der Waals surface area contributed by atoms with E-state index in [0.29, 0.717) is 4.90 Å². The number of benzene rings is 1. The Kier molecular flexibility index (Phi) is 3.17. The van der Waals surface area contributed by atoms with Crippen LogP contribution < -0.4 is 0 Å². The number of hydrogen-bond acceptors (Lipinski definition) is 2. The SMILES string of the molecule is CSc1ccc(Cl)c(F)c1C(=O)O. The second kappa shape index (κ2) is 3.98. The quantitative estimate of drug-likeness (QED) is 0.779. The lowest BCUT2D eigenvalue weighted by molar-refractivity contribution is 0.0688. The van der Waals surface area contributed by atoms with Crippen LogP contribution in [0.25, 0.3) is 0 Å². The Morgan fingerprint density at radius 2 is 2.23 bits per heavy atom. The fourth-order valence-corrected chi connectivity index (χ4v) is 1.64. The van der Waals surface area contributed by atoms with Gasteiger partial charge in [0.1, 0.15) is 5.56 Å². The number of hydrogen-bond donors (Lipinski definition) is 1. The summed E-state index contributed by atoms with van der Waals surface area (Å²) in [5.74, 6) is -2.18. The van der Waals surface area contributed by atoms with Crippen molar-refractivity contribution >= 4 is 29.3 Å². The third kappa shape index (κ3) is 1.95. The first-order valence-corrected chi connectivity index (χ1v) is 4.93. The van der Waals surface area contributed by atoms with Crippen LogP contribution in [0.2, 0.25) is 5.02 Å². The summed E-state index contributed by atoms with van der Waals surface area (Å²) in [5.41, 5.74) is -0.361. The highest BCUT2D eigenvalue weighted by molar-refractivity contribution is 7.98. The van der Waals surface area contributed by atoms with Crippen LogP contribution in [0.15, 0.2) is 17.0 Å². The monoisotopic (exact) mass is 220 g/mol. The minimum Gasteiger partial charge on any atom is -0.478 e. The predicted octanol–water partition coefficient (Wildman–Crippen LogP) is 2.90. The molecule has 1 N–H and O–H groups in total. The third-order valence-electron chi connectivity index (χ3n) is 1.49. The average molecular weight is 221 g/mol. The maximum absolute atomic E-state index is 13.2. The Balaban J connectivity index is 3.41. The summed E-state index contributed by atoms with van der Waals surface area (Å²) in [6, 6.07) is 2.83. The zero-order valence-corrected chi connectivity index (χ0v) is 8.25. The summed E-state index contributed by atoms with van der Waals surface area (Å²) in [6.45, 7) is 0. The molecule has 0 radical (unpaired) electrons. The minimum atomic E-state index is -1.30. The van der Waals surface area contributed by atoms with E-state index in [4.69, 9.17) is 16.7 Å². The van der Waals surface area contributed by atoms with Gasteiger partial charge in [-0.05, 0) is 18.4 Å². The lowest BCUT2D eigenvalue weighted by atomic mass is 10.2. The Morgan fingerprint density at radius 3 is 2.69 bits per heavy atom. The largest absolute Gasteiger partial charge is 0.478 e. The van der Waals surface area contributed by atoms with Crippen molar-refractivity contribution in [1.82, 2.24) is 0 Å². The molecule has 0 aliphatic rings. The van der Waals surface area contributed by atoms with E-state index in [0.717, 1.165) is 0 Å². The van der Waals surface area contributed by atoms with Crippen LogP contribution in [0.5, 0.6) is 0 Å². The van der Waals surface area contributed by atoms with E-state index in [1.807, 2.05) is 0 Å². The Morgan fingerprint density at radius 1 is 1.62 bits per heavy atom. The minimum absolute atomic E-state index is 0.171. The predicted molar refractivity (Wildman–Crippen MR) is 50.2 cm³/mol. The van der Waals surface area contributed by atoms with Gasteiger partial charge >= 0.3 is 5.97 Å². The zero-order chi connectivity index (χ0) is 10.0. The second-order valence-corrected chi connectivity index (χ2v) is 3.50. The van der Waals surface area contributed by atoms with Gasteiger partial charge in [0.05, 0.1) is 5.02 Å². The fourth-order valence-electron chi connectivity index (χ4n) is 0.902. The lowest BCUT2D eigenvalue weighted by Crippen LogP contribution is -2.03. The fraction of sp³-hybridized carbons (Fsp3) is 0.125. The number of halogens is 2. The van der Waals surface area contributed by atoms with E-state index in [9.17, 15) is 9.18 Å². The Labute approximate surface area is 83.7 Å². The topological polar surface area (TPSA) is 37.3 Å². The van der Waals surface area contributed by atoms with E-state index < -0.39 is 11.8 Å². The van der Waals surface area contributed by atoms with Gasteiger partial charge in [0.15, 0.2) is 5.82 Å². The van der Waals surface area contributed by atoms with E-state index in [-0.39, 0.29) is 10.6 Å². The first-order valence-electron chi connectivity index (χ1n) is 3.33. The first kappa shape index (κ1) is 10.3. The van der Waals surface area contributed by atoms with Crippen LogP contribution >= 0.6 is 23.4 Å². The molecule has 0 aromatic heterocycles. The van der Waals surface area contributed by atoms with Gasteiger partial charge in [-0.25, -0.2) is 9.18 Å². The number of aromatic carboxylic acids is 1. The molecule has 0 aliphatic heterocycles. The van der Waals surface area contributed by atoms with Crippen LogP contribution in [0.3, 0.4) is 0 Å². The summed E-state index contributed by atoms with van der Waals surface area (Å²) in [5, 5.41) is 8.52. The van der Waals surface area contributed by atoms with Crippen molar-refractivity contribution in [3.05, 3.63) is 28.5 Å². The van der Waals surface area contributed by atoms with Crippen molar-refractivity contribution < 1.29 is 14.3 Å². The highest BCUT2D eigenvalue weighted by atomic mass is 35.5. The van der Waals surface area contributed by atoms with Crippen molar-refractivity contribution in [2.75, 3.05) is 6.26 Å². The molecule has 0 heterocycles. The van der Waals surface area contributed by atoms with Crippen LogP contribution in [0.1, 0.15) is 10.4 Å². The average Bonchev–Trinajstić information content (AvgIpc) is 2.08. The summed E-state index contributed by atoms with van der Waals surface area (Å²) in [7, 11) is 0. The maximum atomic E-state index is 13.2. The molecule has 0 spiro atoms. The van der Waals surface area contributed by atoms with Gasteiger partial charge in [-0.15, -0.1) is 11.8 Å².